The van der Waals surface area contributed by atoms with Crippen LogP contribution in [0, 0.1) is 0 Å². The summed E-state index contributed by atoms with van der Waals surface area (Å²) in [5.74, 6) is 0.960. The molecule has 174 valence electrons. The lowest BCUT2D eigenvalue weighted by atomic mass is 10.1. The van der Waals surface area contributed by atoms with Crippen molar-refractivity contribution in [1.29, 1.82) is 0 Å². The molecule has 1 amide bonds. The molecule has 1 aliphatic heterocycles. The Balaban J connectivity index is 1.71. The summed E-state index contributed by atoms with van der Waals surface area (Å²) in [6, 6.07) is 10.5. The minimum Gasteiger partial charge on any atom is -0.493 e. The number of rotatable bonds is 9. The van der Waals surface area contributed by atoms with Gasteiger partial charge >= 0.3 is 0 Å². The summed E-state index contributed by atoms with van der Waals surface area (Å²) in [7, 11) is -0.537. The van der Waals surface area contributed by atoms with Crippen molar-refractivity contribution in [2.24, 2.45) is 0 Å². The van der Waals surface area contributed by atoms with Gasteiger partial charge in [-0.2, -0.15) is 4.31 Å². The van der Waals surface area contributed by atoms with Crippen LogP contribution in [0.5, 0.6) is 11.5 Å². The number of carbonyl (C=O) groups is 1. The first kappa shape index (κ1) is 24.0. The third kappa shape index (κ3) is 5.40. The molecule has 0 spiro atoms. The molecule has 32 heavy (non-hydrogen) atoms. The van der Waals surface area contributed by atoms with E-state index in [2.05, 4.69) is 5.32 Å². The molecule has 0 atom stereocenters. The molecule has 0 aliphatic carbocycles. The normalized spacial score (nSPS) is 14.7. The highest BCUT2D eigenvalue weighted by Crippen LogP contribution is 2.27. The van der Waals surface area contributed by atoms with Crippen molar-refractivity contribution in [1.82, 2.24) is 9.62 Å². The van der Waals surface area contributed by atoms with Gasteiger partial charge in [-0.15, -0.1) is 0 Å². The second kappa shape index (κ2) is 10.8. The molecule has 1 heterocycles. The highest BCUT2D eigenvalue weighted by molar-refractivity contribution is 7.89. The molecular formula is C23H30N2O6S. The van der Waals surface area contributed by atoms with Crippen molar-refractivity contribution >= 4 is 15.9 Å². The fourth-order valence-corrected chi connectivity index (χ4v) is 5.34. The quantitative estimate of drug-likeness (QED) is 0.614. The van der Waals surface area contributed by atoms with Crippen LogP contribution in [0.15, 0.2) is 41.3 Å². The van der Waals surface area contributed by atoms with Crippen LogP contribution in [0.3, 0.4) is 0 Å². The zero-order valence-corrected chi connectivity index (χ0v) is 19.5. The maximum atomic E-state index is 13.2. The average molecular weight is 463 g/mol. The minimum absolute atomic E-state index is 0.189. The van der Waals surface area contributed by atoms with E-state index in [4.69, 9.17) is 14.2 Å². The first-order valence-corrected chi connectivity index (χ1v) is 12.0. The molecule has 0 aromatic heterocycles. The van der Waals surface area contributed by atoms with Crippen molar-refractivity contribution in [3.05, 3.63) is 53.1 Å². The van der Waals surface area contributed by atoms with E-state index in [0.717, 1.165) is 5.56 Å². The van der Waals surface area contributed by atoms with Crippen LogP contribution in [-0.4, -0.2) is 65.7 Å². The second-order valence-corrected chi connectivity index (χ2v) is 9.29. The third-order valence-electron chi connectivity index (χ3n) is 5.45. The Hall–Kier alpha value is -2.62. The number of ether oxygens (including phenoxy) is 3. The molecule has 1 saturated heterocycles. The van der Waals surface area contributed by atoms with Crippen molar-refractivity contribution in [2.45, 2.75) is 24.7 Å². The Bertz CT molecular complexity index is 1050. The van der Waals surface area contributed by atoms with Crippen molar-refractivity contribution < 1.29 is 27.4 Å². The molecule has 9 heteroatoms. The molecule has 8 nitrogen and oxygen atoms in total. The monoisotopic (exact) mass is 462 g/mol. The van der Waals surface area contributed by atoms with E-state index < -0.39 is 10.0 Å². The van der Waals surface area contributed by atoms with Gasteiger partial charge in [-0.1, -0.05) is 19.1 Å². The van der Waals surface area contributed by atoms with Gasteiger partial charge in [0.1, 0.15) is 0 Å². The zero-order chi connectivity index (χ0) is 23.1. The van der Waals surface area contributed by atoms with Gasteiger partial charge in [-0.25, -0.2) is 8.42 Å². The zero-order valence-electron chi connectivity index (χ0n) is 18.7. The van der Waals surface area contributed by atoms with Gasteiger partial charge in [0.05, 0.1) is 32.3 Å². The number of carbonyl (C=O) groups excluding carboxylic acids is 1. The highest BCUT2D eigenvalue weighted by Gasteiger charge is 2.29. The predicted octanol–water partition coefficient (Wildman–Crippen LogP) is 2.26. The summed E-state index contributed by atoms with van der Waals surface area (Å²) in [5.41, 5.74) is 2.00. The minimum atomic E-state index is -3.69. The largest absolute Gasteiger partial charge is 0.493 e. The molecule has 2 aromatic rings. The van der Waals surface area contributed by atoms with E-state index in [1.807, 2.05) is 25.1 Å². The Labute approximate surface area is 189 Å². The van der Waals surface area contributed by atoms with Crippen molar-refractivity contribution in [3.8, 4) is 11.5 Å². The summed E-state index contributed by atoms with van der Waals surface area (Å²) in [4.78, 5) is 12.9. The number of nitrogens with one attached hydrogen (secondary N) is 1. The van der Waals surface area contributed by atoms with Crippen LogP contribution in [0.25, 0.3) is 0 Å². The van der Waals surface area contributed by atoms with E-state index >= 15 is 0 Å². The first-order chi connectivity index (χ1) is 15.4. The van der Waals surface area contributed by atoms with Crippen LogP contribution in [0.4, 0.5) is 0 Å². The molecule has 1 aliphatic rings. The average Bonchev–Trinajstić information content (AvgIpc) is 2.83. The van der Waals surface area contributed by atoms with Crippen molar-refractivity contribution in [3.63, 3.8) is 0 Å². The highest BCUT2D eigenvalue weighted by atomic mass is 32.2. The van der Waals surface area contributed by atoms with Crippen LogP contribution >= 0.6 is 0 Å². The van der Waals surface area contributed by atoms with Gasteiger partial charge in [0.25, 0.3) is 5.91 Å². The van der Waals surface area contributed by atoms with Crippen LogP contribution in [0.2, 0.25) is 0 Å². The lowest BCUT2D eigenvalue weighted by Crippen LogP contribution is -2.41. The smallest absolute Gasteiger partial charge is 0.251 e. The van der Waals surface area contributed by atoms with E-state index in [1.54, 1.807) is 26.4 Å². The van der Waals surface area contributed by atoms with Gasteiger partial charge in [0, 0.05) is 25.2 Å². The molecule has 0 unspecified atom stereocenters. The number of methoxy groups -OCH3 is 2. The Morgan fingerprint density at radius 1 is 1.06 bits per heavy atom. The topological polar surface area (TPSA) is 94.2 Å². The van der Waals surface area contributed by atoms with Crippen LogP contribution < -0.4 is 14.8 Å². The fraction of sp³-hybridized carbons (Fsp3) is 0.435. The summed E-state index contributed by atoms with van der Waals surface area (Å²) in [6.07, 6.45) is 1.15. The third-order valence-corrected chi connectivity index (χ3v) is 7.43. The number of amides is 1. The molecule has 0 saturated carbocycles. The van der Waals surface area contributed by atoms with E-state index in [0.29, 0.717) is 68.3 Å². The van der Waals surface area contributed by atoms with Crippen LogP contribution in [0.1, 0.15) is 28.4 Å². The molecule has 2 aromatic carbocycles. The molecule has 0 radical (unpaired) electrons. The number of nitrogens with zero attached hydrogens (tertiary/aromatic N) is 1. The van der Waals surface area contributed by atoms with Gasteiger partial charge in [-0.05, 0) is 48.2 Å². The summed E-state index contributed by atoms with van der Waals surface area (Å²) in [6.45, 7) is 3.67. The number of hydrogen-bond acceptors (Lipinski definition) is 6. The number of aryl methyl sites for hydroxylation is 1. The maximum Gasteiger partial charge on any atom is 0.251 e. The van der Waals surface area contributed by atoms with Crippen LogP contribution in [-0.2, 0) is 27.6 Å². The number of hydrogen-bond donors (Lipinski definition) is 1. The van der Waals surface area contributed by atoms with E-state index in [-0.39, 0.29) is 10.8 Å². The van der Waals surface area contributed by atoms with E-state index in [1.165, 1.54) is 10.4 Å². The second-order valence-electron chi connectivity index (χ2n) is 7.39. The van der Waals surface area contributed by atoms with Gasteiger partial charge in [0.2, 0.25) is 10.0 Å². The number of morpholine rings is 1. The molecule has 1 N–H and O–H groups in total. The van der Waals surface area contributed by atoms with E-state index in [9.17, 15) is 13.2 Å². The van der Waals surface area contributed by atoms with Gasteiger partial charge < -0.3 is 19.5 Å². The van der Waals surface area contributed by atoms with Gasteiger partial charge in [-0.3, -0.25) is 4.79 Å². The molecular weight excluding hydrogens is 432 g/mol. The summed E-state index contributed by atoms with van der Waals surface area (Å²) in [5, 5.41) is 2.87. The molecule has 1 fully saturated rings. The fourth-order valence-electron chi connectivity index (χ4n) is 3.61. The Morgan fingerprint density at radius 3 is 2.44 bits per heavy atom. The molecule has 3 rings (SSSR count). The SMILES string of the molecule is CCc1ccc(C(=O)NCCc2ccc(OC)c(OC)c2)cc1S(=O)(=O)N1CCOCC1. The summed E-state index contributed by atoms with van der Waals surface area (Å²) >= 11 is 0. The first-order valence-electron chi connectivity index (χ1n) is 10.6. The Kier molecular flexibility index (Phi) is 8.11. The Morgan fingerprint density at radius 2 is 1.78 bits per heavy atom. The lowest BCUT2D eigenvalue weighted by Gasteiger charge is -2.27. The van der Waals surface area contributed by atoms with Crippen molar-refractivity contribution in [2.75, 3.05) is 47.1 Å². The predicted molar refractivity (Wildman–Crippen MR) is 121 cm³/mol. The lowest BCUT2D eigenvalue weighted by molar-refractivity contribution is 0.0730. The van der Waals surface area contributed by atoms with Gasteiger partial charge in [0.15, 0.2) is 11.5 Å². The standard InChI is InChI=1S/C23H30N2O6S/c1-4-18-6-7-19(16-22(18)32(27,28)25-11-13-31-14-12-25)23(26)24-10-9-17-5-8-20(29-2)21(15-17)30-3/h5-8,15-16H,4,9-14H2,1-3H3,(H,24,26). The number of benzene rings is 2. The summed E-state index contributed by atoms with van der Waals surface area (Å²) < 4.78 is 43.6. The number of sulfonamides is 1. The molecule has 0 bridgehead atoms. The maximum absolute atomic E-state index is 13.2.